The van der Waals surface area contributed by atoms with Crippen LogP contribution in [-0.4, -0.2) is 24.7 Å². The number of aryl methyl sites for hydroxylation is 2. The van der Waals surface area contributed by atoms with E-state index >= 15 is 0 Å². The van der Waals surface area contributed by atoms with Crippen LogP contribution in [0.2, 0.25) is 0 Å². The van der Waals surface area contributed by atoms with E-state index in [9.17, 15) is 4.79 Å². The van der Waals surface area contributed by atoms with Crippen LogP contribution in [0.5, 0.6) is 0 Å². The van der Waals surface area contributed by atoms with Crippen LogP contribution in [0.25, 0.3) is 38.9 Å². The standard InChI is InChI=1S/C24H23N5O2/c1-13-21(14(2)31-28-13)18-10-17-15(11-25-18)22-19(12-26-17)27-23(30)29(22)20-9-7-6-8-16(20)24(3,4)5/h6-12H,1-5H3,(H,27,30). The third kappa shape index (κ3) is 2.96. The number of para-hydroxylation sites is 1. The van der Waals surface area contributed by atoms with Gasteiger partial charge < -0.3 is 9.51 Å². The van der Waals surface area contributed by atoms with Crippen LogP contribution in [-0.2, 0) is 5.41 Å². The molecule has 4 aromatic heterocycles. The van der Waals surface area contributed by atoms with Crippen molar-refractivity contribution in [3.05, 3.63) is 70.2 Å². The summed E-state index contributed by atoms with van der Waals surface area (Å²) in [6.07, 6.45) is 3.47. The van der Waals surface area contributed by atoms with Crippen molar-refractivity contribution < 1.29 is 4.52 Å². The number of fused-ring (bicyclic) bond motifs is 3. The predicted octanol–water partition coefficient (Wildman–Crippen LogP) is 4.83. The van der Waals surface area contributed by atoms with E-state index in [2.05, 4.69) is 46.9 Å². The number of imidazole rings is 1. The van der Waals surface area contributed by atoms with E-state index in [1.54, 1.807) is 17.0 Å². The van der Waals surface area contributed by atoms with Gasteiger partial charge in [-0.15, -0.1) is 0 Å². The highest BCUT2D eigenvalue weighted by molar-refractivity contribution is 6.03. The second-order valence-corrected chi connectivity index (χ2v) is 8.84. The van der Waals surface area contributed by atoms with E-state index in [4.69, 9.17) is 4.52 Å². The lowest BCUT2D eigenvalue weighted by Gasteiger charge is -2.23. The van der Waals surface area contributed by atoms with Crippen molar-refractivity contribution in [3.63, 3.8) is 0 Å². The van der Waals surface area contributed by atoms with Crippen molar-refractivity contribution in [3.8, 4) is 16.9 Å². The lowest BCUT2D eigenvalue weighted by atomic mass is 9.85. The summed E-state index contributed by atoms with van der Waals surface area (Å²) in [5.74, 6) is 0.711. The smallest absolute Gasteiger partial charge is 0.331 e. The Labute approximate surface area is 178 Å². The molecule has 0 aliphatic carbocycles. The minimum absolute atomic E-state index is 0.128. The molecule has 1 aromatic carbocycles. The number of pyridine rings is 2. The van der Waals surface area contributed by atoms with Gasteiger partial charge in [0.2, 0.25) is 0 Å². The van der Waals surface area contributed by atoms with Crippen LogP contribution < -0.4 is 5.69 Å². The number of nitrogens with one attached hydrogen (secondary N) is 1. The molecule has 0 saturated heterocycles. The Kier molecular flexibility index (Phi) is 4.12. The number of hydrogen-bond donors (Lipinski definition) is 1. The molecule has 31 heavy (non-hydrogen) atoms. The quantitative estimate of drug-likeness (QED) is 0.448. The van der Waals surface area contributed by atoms with Gasteiger partial charge in [0.25, 0.3) is 0 Å². The van der Waals surface area contributed by atoms with Gasteiger partial charge >= 0.3 is 5.69 Å². The first-order valence-corrected chi connectivity index (χ1v) is 10.2. The Morgan fingerprint density at radius 1 is 1.06 bits per heavy atom. The lowest BCUT2D eigenvalue weighted by Crippen LogP contribution is -2.21. The van der Waals surface area contributed by atoms with Crippen LogP contribution >= 0.6 is 0 Å². The van der Waals surface area contributed by atoms with Crippen molar-refractivity contribution in [1.82, 2.24) is 24.7 Å². The zero-order valence-electron chi connectivity index (χ0n) is 18.1. The number of H-pyrrole nitrogens is 1. The number of benzene rings is 1. The van der Waals surface area contributed by atoms with Gasteiger partial charge in [-0.25, -0.2) is 4.79 Å². The maximum absolute atomic E-state index is 13.0. The van der Waals surface area contributed by atoms with Gasteiger partial charge in [-0.1, -0.05) is 44.1 Å². The molecule has 0 unspecified atom stereocenters. The molecular weight excluding hydrogens is 390 g/mol. The normalized spacial score (nSPS) is 12.2. The average Bonchev–Trinajstić information content (AvgIpc) is 3.25. The minimum atomic E-state index is -0.198. The average molecular weight is 413 g/mol. The maximum atomic E-state index is 13.0. The molecule has 0 spiro atoms. The summed E-state index contributed by atoms with van der Waals surface area (Å²) in [6.45, 7) is 10.2. The number of aromatic nitrogens is 5. The Bertz CT molecular complexity index is 1500. The minimum Gasteiger partial charge on any atom is -0.361 e. The van der Waals surface area contributed by atoms with Crippen molar-refractivity contribution in [2.75, 3.05) is 0 Å². The number of nitrogens with zero attached hydrogens (tertiary/aromatic N) is 4. The van der Waals surface area contributed by atoms with Gasteiger partial charge in [-0.2, -0.15) is 0 Å². The van der Waals surface area contributed by atoms with Crippen molar-refractivity contribution in [2.45, 2.75) is 40.0 Å². The van der Waals surface area contributed by atoms with Crippen molar-refractivity contribution in [1.29, 1.82) is 0 Å². The van der Waals surface area contributed by atoms with E-state index in [1.165, 1.54) is 0 Å². The molecule has 156 valence electrons. The summed E-state index contributed by atoms with van der Waals surface area (Å²) >= 11 is 0. The molecule has 5 aromatic rings. The first-order valence-electron chi connectivity index (χ1n) is 10.2. The topological polar surface area (TPSA) is 89.6 Å². The fourth-order valence-electron chi connectivity index (χ4n) is 4.20. The molecule has 7 heteroatoms. The first-order chi connectivity index (χ1) is 14.8. The van der Waals surface area contributed by atoms with Gasteiger partial charge in [0.05, 0.1) is 45.4 Å². The van der Waals surface area contributed by atoms with Gasteiger partial charge in [0.1, 0.15) is 5.76 Å². The molecular formula is C24H23N5O2. The van der Waals surface area contributed by atoms with Crippen LogP contribution in [0.1, 0.15) is 37.8 Å². The summed E-state index contributed by atoms with van der Waals surface area (Å²) in [5.41, 5.74) is 6.20. The molecule has 0 radical (unpaired) electrons. The highest BCUT2D eigenvalue weighted by Gasteiger charge is 2.22. The predicted molar refractivity (Wildman–Crippen MR) is 121 cm³/mol. The lowest BCUT2D eigenvalue weighted by molar-refractivity contribution is 0.393. The van der Waals surface area contributed by atoms with Crippen molar-refractivity contribution in [2.24, 2.45) is 0 Å². The molecule has 0 saturated carbocycles. The summed E-state index contributed by atoms with van der Waals surface area (Å²) in [7, 11) is 0. The number of aromatic amines is 1. The van der Waals surface area contributed by atoms with Gasteiger partial charge in [0.15, 0.2) is 0 Å². The molecule has 0 aliphatic heterocycles. The molecule has 1 N–H and O–H groups in total. The Hall–Kier alpha value is -3.74. The summed E-state index contributed by atoms with van der Waals surface area (Å²) < 4.78 is 7.03. The molecule has 0 aliphatic rings. The van der Waals surface area contributed by atoms with Crippen LogP contribution in [0.3, 0.4) is 0 Å². The van der Waals surface area contributed by atoms with Gasteiger partial charge in [-0.05, 0) is 37.0 Å². The van der Waals surface area contributed by atoms with E-state index in [0.29, 0.717) is 11.3 Å². The maximum Gasteiger partial charge on any atom is 0.331 e. The van der Waals surface area contributed by atoms with Crippen LogP contribution in [0, 0.1) is 13.8 Å². The Morgan fingerprint density at radius 2 is 1.84 bits per heavy atom. The SMILES string of the molecule is Cc1noc(C)c1-c1cc2ncc3[nH]c(=O)n(-c4ccccc4C(C)(C)C)c3c2cn1. The zero-order valence-corrected chi connectivity index (χ0v) is 18.1. The summed E-state index contributed by atoms with van der Waals surface area (Å²) in [6, 6.07) is 9.91. The fourth-order valence-corrected chi connectivity index (χ4v) is 4.20. The highest BCUT2D eigenvalue weighted by Crippen LogP contribution is 2.32. The molecule has 0 amide bonds. The molecule has 0 bridgehead atoms. The molecule has 7 nitrogen and oxygen atoms in total. The molecule has 0 fully saturated rings. The first kappa shape index (κ1) is 19.2. The number of rotatable bonds is 2. The molecule has 5 rings (SSSR count). The monoisotopic (exact) mass is 413 g/mol. The van der Waals surface area contributed by atoms with Crippen molar-refractivity contribution >= 4 is 21.9 Å². The third-order valence-corrected chi connectivity index (χ3v) is 5.64. The van der Waals surface area contributed by atoms with Crippen LogP contribution in [0.4, 0.5) is 0 Å². The highest BCUT2D eigenvalue weighted by atomic mass is 16.5. The largest absolute Gasteiger partial charge is 0.361 e. The van der Waals surface area contributed by atoms with E-state index in [-0.39, 0.29) is 11.1 Å². The Balaban J connectivity index is 1.83. The Morgan fingerprint density at radius 3 is 2.55 bits per heavy atom. The van der Waals surface area contributed by atoms with E-state index in [1.807, 2.05) is 38.1 Å². The third-order valence-electron chi connectivity index (χ3n) is 5.64. The van der Waals surface area contributed by atoms with E-state index < -0.39 is 0 Å². The second-order valence-electron chi connectivity index (χ2n) is 8.84. The second kappa shape index (κ2) is 6.63. The summed E-state index contributed by atoms with van der Waals surface area (Å²) in [4.78, 5) is 25.2. The van der Waals surface area contributed by atoms with Gasteiger partial charge in [0, 0.05) is 11.6 Å². The molecule has 0 atom stereocenters. The number of hydrogen-bond acceptors (Lipinski definition) is 5. The fraction of sp³-hybridized carbons (Fsp3) is 0.250. The summed E-state index contributed by atoms with van der Waals surface area (Å²) in [5, 5.41) is 4.83. The molecule has 4 heterocycles. The van der Waals surface area contributed by atoms with Crippen LogP contribution in [0.15, 0.2) is 52.0 Å². The van der Waals surface area contributed by atoms with E-state index in [0.717, 1.165) is 44.6 Å². The van der Waals surface area contributed by atoms with Gasteiger partial charge in [-0.3, -0.25) is 14.5 Å². The zero-order chi connectivity index (χ0) is 21.9.